The third-order valence-corrected chi connectivity index (χ3v) is 3.67. The molecule has 2 aromatic rings. The maximum atomic E-state index is 12.0. The number of benzene rings is 1. The van der Waals surface area contributed by atoms with Gasteiger partial charge in [0, 0.05) is 24.5 Å². The molecule has 3 amide bonds. The Balaban J connectivity index is 2.01. The van der Waals surface area contributed by atoms with Crippen LogP contribution in [0.4, 0.5) is 4.79 Å². The molecule has 0 fully saturated rings. The van der Waals surface area contributed by atoms with Crippen molar-refractivity contribution in [1.29, 1.82) is 0 Å². The maximum absolute atomic E-state index is 12.0. The fraction of sp³-hybridized carbons (Fsp3) is 0.375. The van der Waals surface area contributed by atoms with Gasteiger partial charge in [0.1, 0.15) is 17.4 Å². The van der Waals surface area contributed by atoms with E-state index >= 15 is 0 Å². The van der Waals surface area contributed by atoms with Crippen LogP contribution in [0.5, 0.6) is 0 Å². The molecule has 0 spiro atoms. The number of rotatable bonds is 4. The zero-order chi connectivity index (χ0) is 17.1. The van der Waals surface area contributed by atoms with E-state index in [9.17, 15) is 9.59 Å². The van der Waals surface area contributed by atoms with Gasteiger partial charge in [-0.1, -0.05) is 11.6 Å². The van der Waals surface area contributed by atoms with Crippen molar-refractivity contribution in [3.8, 4) is 0 Å². The molecule has 7 heteroatoms. The summed E-state index contributed by atoms with van der Waals surface area (Å²) in [6, 6.07) is 5.78. The Labute approximate surface area is 139 Å². The Kier molecular flexibility index (Phi) is 5.15. The number of amides is 3. The van der Waals surface area contributed by atoms with Crippen LogP contribution in [0.2, 0.25) is 5.02 Å². The van der Waals surface area contributed by atoms with E-state index in [0.29, 0.717) is 16.4 Å². The minimum absolute atomic E-state index is 0.175. The fourth-order valence-electron chi connectivity index (χ4n) is 2.20. The SMILES string of the molecule is CC(NC(=O)N[C@@H](C)C(=O)N(C)C)c1cc2cc(Cl)ccc2o1. The summed E-state index contributed by atoms with van der Waals surface area (Å²) in [6.45, 7) is 3.44. The average molecular weight is 338 g/mol. The monoisotopic (exact) mass is 337 g/mol. The van der Waals surface area contributed by atoms with Crippen LogP contribution in [0.1, 0.15) is 25.6 Å². The molecular formula is C16H20ClN3O3. The van der Waals surface area contributed by atoms with Crippen LogP contribution in [-0.4, -0.2) is 37.0 Å². The van der Waals surface area contributed by atoms with Gasteiger partial charge < -0.3 is 20.0 Å². The summed E-state index contributed by atoms with van der Waals surface area (Å²) in [4.78, 5) is 25.1. The highest BCUT2D eigenvalue weighted by Gasteiger charge is 2.19. The number of hydrogen-bond donors (Lipinski definition) is 2. The van der Waals surface area contributed by atoms with Crippen molar-refractivity contribution in [1.82, 2.24) is 15.5 Å². The summed E-state index contributed by atoms with van der Waals surface area (Å²) < 4.78 is 5.70. The predicted octanol–water partition coefficient (Wildman–Crippen LogP) is 2.92. The Morgan fingerprint density at radius 3 is 2.52 bits per heavy atom. The van der Waals surface area contributed by atoms with E-state index in [4.69, 9.17) is 16.0 Å². The highest BCUT2D eigenvalue weighted by molar-refractivity contribution is 6.31. The van der Waals surface area contributed by atoms with Gasteiger partial charge in [0.15, 0.2) is 0 Å². The van der Waals surface area contributed by atoms with E-state index in [1.807, 2.05) is 6.07 Å². The standard InChI is InChI=1S/C16H20ClN3O3/c1-9(18-16(22)19-10(2)15(21)20(3)4)14-8-11-7-12(17)5-6-13(11)23-14/h5-10H,1-4H3,(H2,18,19,22)/t9?,10-/m0/s1. The summed E-state index contributed by atoms with van der Waals surface area (Å²) in [5.41, 5.74) is 0.703. The molecule has 2 N–H and O–H groups in total. The molecule has 0 saturated heterocycles. The summed E-state index contributed by atoms with van der Waals surface area (Å²) in [5.74, 6) is 0.440. The second-order valence-corrected chi connectivity index (χ2v) is 6.06. The van der Waals surface area contributed by atoms with Crippen molar-refractivity contribution in [2.75, 3.05) is 14.1 Å². The Morgan fingerprint density at radius 1 is 1.17 bits per heavy atom. The summed E-state index contributed by atoms with van der Waals surface area (Å²) in [5, 5.41) is 6.85. The molecule has 2 rings (SSSR count). The fourth-order valence-corrected chi connectivity index (χ4v) is 2.38. The lowest BCUT2D eigenvalue weighted by molar-refractivity contribution is -0.130. The van der Waals surface area contributed by atoms with E-state index in [2.05, 4.69) is 10.6 Å². The topological polar surface area (TPSA) is 74.6 Å². The number of halogens is 1. The van der Waals surface area contributed by atoms with Crippen molar-refractivity contribution in [2.45, 2.75) is 25.9 Å². The van der Waals surface area contributed by atoms with Gasteiger partial charge in [-0.05, 0) is 38.1 Å². The molecule has 0 bridgehead atoms. The first-order valence-electron chi connectivity index (χ1n) is 7.25. The third-order valence-electron chi connectivity index (χ3n) is 3.43. The van der Waals surface area contributed by atoms with Crippen molar-refractivity contribution in [2.24, 2.45) is 0 Å². The zero-order valence-corrected chi connectivity index (χ0v) is 14.3. The predicted molar refractivity (Wildman–Crippen MR) is 89.5 cm³/mol. The van der Waals surface area contributed by atoms with Crippen LogP contribution >= 0.6 is 11.6 Å². The van der Waals surface area contributed by atoms with Crippen LogP contribution < -0.4 is 10.6 Å². The van der Waals surface area contributed by atoms with Crippen molar-refractivity contribution < 1.29 is 14.0 Å². The Morgan fingerprint density at radius 2 is 1.87 bits per heavy atom. The molecule has 6 nitrogen and oxygen atoms in total. The zero-order valence-electron chi connectivity index (χ0n) is 13.5. The van der Waals surface area contributed by atoms with E-state index in [-0.39, 0.29) is 11.9 Å². The highest BCUT2D eigenvalue weighted by atomic mass is 35.5. The molecule has 1 heterocycles. The van der Waals surface area contributed by atoms with Crippen LogP contribution in [0.25, 0.3) is 11.0 Å². The molecule has 0 aliphatic heterocycles. The van der Waals surface area contributed by atoms with Gasteiger partial charge in [-0.2, -0.15) is 0 Å². The molecular weight excluding hydrogens is 318 g/mol. The van der Waals surface area contributed by atoms with Gasteiger partial charge >= 0.3 is 6.03 Å². The van der Waals surface area contributed by atoms with E-state index < -0.39 is 12.1 Å². The molecule has 1 aromatic carbocycles. The third kappa shape index (κ3) is 4.16. The molecule has 0 aliphatic carbocycles. The van der Waals surface area contributed by atoms with Crippen LogP contribution in [0.15, 0.2) is 28.7 Å². The number of likely N-dealkylation sites (N-methyl/N-ethyl adjacent to an activating group) is 1. The van der Waals surface area contributed by atoms with Crippen molar-refractivity contribution >= 4 is 34.5 Å². The van der Waals surface area contributed by atoms with Crippen molar-refractivity contribution in [3.63, 3.8) is 0 Å². The first kappa shape index (κ1) is 17.1. The highest BCUT2D eigenvalue weighted by Crippen LogP contribution is 2.26. The minimum Gasteiger partial charge on any atom is -0.459 e. The van der Waals surface area contributed by atoms with E-state index in [1.54, 1.807) is 46.1 Å². The number of furan rings is 1. The molecule has 2 atom stereocenters. The number of nitrogens with zero attached hydrogens (tertiary/aromatic N) is 1. The first-order chi connectivity index (χ1) is 10.8. The summed E-state index contributed by atoms with van der Waals surface area (Å²) >= 11 is 5.95. The molecule has 1 aromatic heterocycles. The number of urea groups is 1. The molecule has 0 saturated carbocycles. The van der Waals surface area contributed by atoms with Crippen LogP contribution in [0, 0.1) is 0 Å². The lowest BCUT2D eigenvalue weighted by Gasteiger charge is -2.19. The molecule has 1 unspecified atom stereocenters. The van der Waals surface area contributed by atoms with Gasteiger partial charge in [-0.25, -0.2) is 4.79 Å². The quantitative estimate of drug-likeness (QED) is 0.900. The van der Waals surface area contributed by atoms with Gasteiger partial charge in [0.25, 0.3) is 0 Å². The van der Waals surface area contributed by atoms with Gasteiger partial charge in [-0.3, -0.25) is 4.79 Å². The van der Waals surface area contributed by atoms with Crippen molar-refractivity contribution in [3.05, 3.63) is 35.0 Å². The lowest BCUT2D eigenvalue weighted by Crippen LogP contribution is -2.48. The number of hydrogen-bond acceptors (Lipinski definition) is 3. The van der Waals surface area contributed by atoms with E-state index in [0.717, 1.165) is 5.39 Å². The average Bonchev–Trinajstić information content (AvgIpc) is 2.89. The second kappa shape index (κ2) is 6.91. The Bertz CT molecular complexity index is 726. The number of nitrogens with one attached hydrogen (secondary N) is 2. The van der Waals surface area contributed by atoms with Gasteiger partial charge in [-0.15, -0.1) is 0 Å². The summed E-state index contributed by atoms with van der Waals surface area (Å²) in [6.07, 6.45) is 0. The number of carbonyl (C=O) groups excluding carboxylic acids is 2. The lowest BCUT2D eigenvalue weighted by atomic mass is 10.2. The molecule has 0 radical (unpaired) electrons. The van der Waals surface area contributed by atoms with E-state index in [1.165, 1.54) is 4.90 Å². The first-order valence-corrected chi connectivity index (χ1v) is 7.63. The smallest absolute Gasteiger partial charge is 0.316 e. The largest absolute Gasteiger partial charge is 0.459 e. The maximum Gasteiger partial charge on any atom is 0.316 e. The van der Waals surface area contributed by atoms with Gasteiger partial charge in [0.05, 0.1) is 6.04 Å². The minimum atomic E-state index is -0.605. The normalized spacial score (nSPS) is 13.4. The van der Waals surface area contributed by atoms with Gasteiger partial charge in [0.2, 0.25) is 5.91 Å². The Hall–Kier alpha value is -2.21. The number of carbonyl (C=O) groups is 2. The van der Waals surface area contributed by atoms with Crippen LogP contribution in [-0.2, 0) is 4.79 Å². The molecule has 124 valence electrons. The summed E-state index contributed by atoms with van der Waals surface area (Å²) in [7, 11) is 3.28. The molecule has 23 heavy (non-hydrogen) atoms. The second-order valence-electron chi connectivity index (χ2n) is 5.62. The number of fused-ring (bicyclic) bond motifs is 1. The molecule has 0 aliphatic rings. The van der Waals surface area contributed by atoms with Crippen LogP contribution in [0.3, 0.4) is 0 Å².